The van der Waals surface area contributed by atoms with Crippen LogP contribution in [0.15, 0.2) is 0 Å². The molecule has 1 aliphatic rings. The molecule has 5 nitrogen and oxygen atoms in total. The summed E-state index contributed by atoms with van der Waals surface area (Å²) < 4.78 is 5.08. The lowest BCUT2D eigenvalue weighted by Gasteiger charge is -2.52. The van der Waals surface area contributed by atoms with Crippen LogP contribution in [0.25, 0.3) is 0 Å². The van der Waals surface area contributed by atoms with Gasteiger partial charge in [-0.15, -0.1) is 0 Å². The van der Waals surface area contributed by atoms with E-state index >= 15 is 0 Å². The van der Waals surface area contributed by atoms with Crippen LogP contribution in [0, 0.1) is 0 Å². The second-order valence-corrected chi connectivity index (χ2v) is 4.68. The first kappa shape index (κ1) is 13.4. The van der Waals surface area contributed by atoms with E-state index in [1.165, 1.54) is 0 Å². The van der Waals surface area contributed by atoms with Gasteiger partial charge < -0.3 is 15.2 Å². The summed E-state index contributed by atoms with van der Waals surface area (Å²) in [5.74, 6) is -0.732. The number of hydrogen-bond donors (Lipinski definition) is 2. The zero-order valence-electron chi connectivity index (χ0n) is 10.3. The maximum absolute atomic E-state index is 10.9. The maximum atomic E-state index is 10.9. The molecular formula is C11H22N2O3. The van der Waals surface area contributed by atoms with Gasteiger partial charge in [-0.3, -0.25) is 9.69 Å². The number of carboxylic acids is 1. The summed E-state index contributed by atoms with van der Waals surface area (Å²) in [6.07, 6.45) is 0.196. The predicted molar refractivity (Wildman–Crippen MR) is 61.6 cm³/mol. The van der Waals surface area contributed by atoms with Gasteiger partial charge in [-0.05, 0) is 13.8 Å². The molecular weight excluding hydrogens is 208 g/mol. The van der Waals surface area contributed by atoms with Gasteiger partial charge in [0.2, 0.25) is 0 Å². The minimum atomic E-state index is -0.732. The normalized spacial score (nSPS) is 18.8. The van der Waals surface area contributed by atoms with E-state index in [1.807, 2.05) is 0 Å². The SMILES string of the molecule is COCCN(C(C)C)C1(CC(=O)O)CNC1. The molecule has 0 aromatic carbocycles. The van der Waals surface area contributed by atoms with Gasteiger partial charge in [0.25, 0.3) is 0 Å². The van der Waals surface area contributed by atoms with Crippen LogP contribution in [-0.2, 0) is 9.53 Å². The fourth-order valence-corrected chi connectivity index (χ4v) is 2.36. The zero-order valence-corrected chi connectivity index (χ0v) is 10.3. The Morgan fingerprint density at radius 1 is 1.56 bits per heavy atom. The summed E-state index contributed by atoms with van der Waals surface area (Å²) in [4.78, 5) is 13.2. The monoisotopic (exact) mass is 230 g/mol. The highest BCUT2D eigenvalue weighted by atomic mass is 16.5. The van der Waals surface area contributed by atoms with Gasteiger partial charge in [0.15, 0.2) is 0 Å². The first-order valence-corrected chi connectivity index (χ1v) is 5.70. The maximum Gasteiger partial charge on any atom is 0.305 e. The van der Waals surface area contributed by atoms with Crippen LogP contribution in [0.3, 0.4) is 0 Å². The number of rotatable bonds is 7. The topological polar surface area (TPSA) is 61.8 Å². The summed E-state index contributed by atoms with van der Waals surface area (Å²) in [6.45, 7) is 7.11. The Morgan fingerprint density at radius 3 is 2.50 bits per heavy atom. The fourth-order valence-electron chi connectivity index (χ4n) is 2.36. The zero-order chi connectivity index (χ0) is 12.2. The fraction of sp³-hybridized carbons (Fsp3) is 0.909. The number of carboxylic acid groups (broad SMARTS) is 1. The molecule has 1 rings (SSSR count). The average molecular weight is 230 g/mol. The third kappa shape index (κ3) is 2.93. The van der Waals surface area contributed by atoms with Gasteiger partial charge in [0, 0.05) is 32.8 Å². The molecule has 1 heterocycles. The molecule has 1 fully saturated rings. The minimum absolute atomic E-state index is 0.196. The first-order valence-electron chi connectivity index (χ1n) is 5.70. The van der Waals surface area contributed by atoms with Crippen molar-refractivity contribution in [2.75, 3.05) is 33.4 Å². The number of methoxy groups -OCH3 is 1. The molecule has 0 aliphatic carbocycles. The smallest absolute Gasteiger partial charge is 0.305 e. The Bertz CT molecular complexity index is 239. The van der Waals surface area contributed by atoms with Crippen LogP contribution < -0.4 is 5.32 Å². The molecule has 0 aromatic rings. The van der Waals surface area contributed by atoms with Crippen molar-refractivity contribution >= 4 is 5.97 Å². The highest BCUT2D eigenvalue weighted by molar-refractivity contribution is 5.68. The van der Waals surface area contributed by atoms with Crippen molar-refractivity contribution in [3.05, 3.63) is 0 Å². The van der Waals surface area contributed by atoms with Gasteiger partial charge in [-0.2, -0.15) is 0 Å². The number of hydrogen-bond acceptors (Lipinski definition) is 4. The Labute approximate surface area is 96.8 Å². The highest BCUT2D eigenvalue weighted by Crippen LogP contribution is 2.26. The predicted octanol–water partition coefficient (Wildman–Crippen LogP) is 0.160. The Morgan fingerprint density at radius 2 is 2.19 bits per heavy atom. The van der Waals surface area contributed by atoms with Gasteiger partial charge in [-0.25, -0.2) is 0 Å². The Balaban J connectivity index is 2.68. The van der Waals surface area contributed by atoms with E-state index in [1.54, 1.807) is 7.11 Å². The van der Waals surface area contributed by atoms with Crippen LogP contribution >= 0.6 is 0 Å². The first-order chi connectivity index (χ1) is 7.52. The third-order valence-electron chi connectivity index (χ3n) is 3.16. The van der Waals surface area contributed by atoms with Crippen molar-refractivity contribution in [3.63, 3.8) is 0 Å². The molecule has 0 unspecified atom stereocenters. The molecule has 1 saturated heterocycles. The molecule has 0 radical (unpaired) electrons. The van der Waals surface area contributed by atoms with Crippen LogP contribution in [0.4, 0.5) is 0 Å². The standard InChI is InChI=1S/C11H22N2O3/c1-9(2)13(4-5-16-3)11(6-10(14)15)7-12-8-11/h9,12H,4-8H2,1-3H3,(H,14,15). The van der Waals surface area contributed by atoms with Crippen molar-refractivity contribution in [3.8, 4) is 0 Å². The van der Waals surface area contributed by atoms with Crippen molar-refractivity contribution in [2.24, 2.45) is 0 Å². The lowest BCUT2D eigenvalue weighted by molar-refractivity contribution is -0.142. The van der Waals surface area contributed by atoms with Crippen LogP contribution in [0.5, 0.6) is 0 Å². The van der Waals surface area contributed by atoms with E-state index in [0.717, 1.165) is 19.6 Å². The van der Waals surface area contributed by atoms with Crippen LogP contribution in [-0.4, -0.2) is 60.9 Å². The molecule has 0 bridgehead atoms. The lowest BCUT2D eigenvalue weighted by Crippen LogP contribution is -2.71. The van der Waals surface area contributed by atoms with Crippen LogP contribution in [0.2, 0.25) is 0 Å². The average Bonchev–Trinajstić information content (AvgIpc) is 2.12. The molecule has 5 heteroatoms. The van der Waals surface area contributed by atoms with Gasteiger partial charge >= 0.3 is 5.97 Å². The van der Waals surface area contributed by atoms with Gasteiger partial charge in [0.1, 0.15) is 0 Å². The summed E-state index contributed by atoms with van der Waals surface area (Å²) >= 11 is 0. The van der Waals surface area contributed by atoms with Crippen molar-refractivity contribution < 1.29 is 14.6 Å². The molecule has 0 aromatic heterocycles. The Hall–Kier alpha value is -0.650. The highest BCUT2D eigenvalue weighted by Gasteiger charge is 2.44. The number of carbonyl (C=O) groups is 1. The number of nitrogens with zero attached hydrogens (tertiary/aromatic N) is 1. The minimum Gasteiger partial charge on any atom is -0.481 e. The summed E-state index contributed by atoms with van der Waals surface area (Å²) in [6, 6.07) is 0.330. The molecule has 1 aliphatic heterocycles. The lowest BCUT2D eigenvalue weighted by atomic mass is 9.85. The molecule has 0 amide bonds. The van der Waals surface area contributed by atoms with Gasteiger partial charge in [-0.1, -0.05) is 0 Å². The van der Waals surface area contributed by atoms with E-state index in [9.17, 15) is 4.79 Å². The largest absolute Gasteiger partial charge is 0.481 e. The molecule has 0 saturated carbocycles. The summed E-state index contributed by atoms with van der Waals surface area (Å²) in [7, 11) is 1.67. The summed E-state index contributed by atoms with van der Waals surface area (Å²) in [5, 5.41) is 12.2. The summed E-state index contributed by atoms with van der Waals surface area (Å²) in [5.41, 5.74) is -0.224. The Kier molecular flexibility index (Phi) is 4.70. The quantitative estimate of drug-likeness (QED) is 0.652. The second-order valence-electron chi connectivity index (χ2n) is 4.68. The number of nitrogens with one attached hydrogen (secondary N) is 1. The van der Waals surface area contributed by atoms with Crippen LogP contribution in [0.1, 0.15) is 20.3 Å². The molecule has 2 N–H and O–H groups in total. The molecule has 94 valence electrons. The van der Waals surface area contributed by atoms with Crippen molar-refractivity contribution in [2.45, 2.75) is 31.8 Å². The third-order valence-corrected chi connectivity index (χ3v) is 3.16. The number of aliphatic carboxylic acids is 1. The molecule has 16 heavy (non-hydrogen) atoms. The van der Waals surface area contributed by atoms with E-state index in [-0.39, 0.29) is 12.0 Å². The van der Waals surface area contributed by atoms with E-state index < -0.39 is 5.97 Å². The second kappa shape index (κ2) is 5.61. The molecule has 0 atom stereocenters. The number of ether oxygens (including phenoxy) is 1. The van der Waals surface area contributed by atoms with Crippen molar-refractivity contribution in [1.29, 1.82) is 0 Å². The van der Waals surface area contributed by atoms with Crippen molar-refractivity contribution in [1.82, 2.24) is 10.2 Å². The van der Waals surface area contributed by atoms with E-state index in [2.05, 4.69) is 24.1 Å². The van der Waals surface area contributed by atoms with Gasteiger partial charge in [0.05, 0.1) is 18.6 Å². The molecule has 0 spiro atoms. The van der Waals surface area contributed by atoms with E-state index in [0.29, 0.717) is 12.6 Å². The van der Waals surface area contributed by atoms with E-state index in [4.69, 9.17) is 9.84 Å².